The van der Waals surface area contributed by atoms with Crippen LogP contribution in [0.2, 0.25) is 0 Å². The number of hydrogen-bond donors (Lipinski definition) is 0. The second-order valence-corrected chi connectivity index (χ2v) is 4.61. The van der Waals surface area contributed by atoms with Gasteiger partial charge in [0.05, 0.1) is 6.42 Å². The summed E-state index contributed by atoms with van der Waals surface area (Å²) in [5.74, 6) is 1.62. The summed E-state index contributed by atoms with van der Waals surface area (Å²) < 4.78 is 2.06. The Morgan fingerprint density at radius 1 is 1.44 bits per heavy atom. The minimum Gasteiger partial charge on any atom is -0.335 e. The van der Waals surface area contributed by atoms with Crippen molar-refractivity contribution in [1.29, 1.82) is 0 Å². The highest BCUT2D eigenvalue weighted by Gasteiger charge is 2.22. The largest absolute Gasteiger partial charge is 0.335 e. The van der Waals surface area contributed by atoms with E-state index in [1.807, 2.05) is 6.20 Å². The Morgan fingerprint density at radius 2 is 2.19 bits per heavy atom. The summed E-state index contributed by atoms with van der Waals surface area (Å²) in [7, 11) is 0. The lowest BCUT2D eigenvalue weighted by Crippen LogP contribution is -2.21. The summed E-state index contributed by atoms with van der Waals surface area (Å²) in [4.78, 5) is 16.3. The summed E-state index contributed by atoms with van der Waals surface area (Å²) in [6, 6.07) is 0. The van der Waals surface area contributed by atoms with E-state index in [0.29, 0.717) is 18.1 Å². The Balaban J connectivity index is 1.95. The summed E-state index contributed by atoms with van der Waals surface area (Å²) >= 11 is 0. The Bertz CT molecular complexity index is 351. The second-order valence-electron chi connectivity index (χ2n) is 4.61. The van der Waals surface area contributed by atoms with Crippen molar-refractivity contribution in [2.45, 2.75) is 52.0 Å². The van der Waals surface area contributed by atoms with Crippen LogP contribution in [-0.4, -0.2) is 15.3 Å². The number of hydrogen-bond acceptors (Lipinski definition) is 2. The molecule has 1 aromatic rings. The van der Waals surface area contributed by atoms with E-state index < -0.39 is 0 Å². The Morgan fingerprint density at radius 3 is 2.88 bits per heavy atom. The van der Waals surface area contributed by atoms with E-state index >= 15 is 0 Å². The molecule has 3 nitrogen and oxygen atoms in total. The molecule has 1 aliphatic carbocycles. The van der Waals surface area contributed by atoms with E-state index in [1.165, 1.54) is 19.3 Å². The molecular weight excluding hydrogens is 200 g/mol. The zero-order chi connectivity index (χ0) is 11.4. The van der Waals surface area contributed by atoms with Gasteiger partial charge in [0.1, 0.15) is 11.6 Å². The molecule has 0 atom stereocenters. The standard InChI is InChI=1S/C13H20N2O/c1-2-15-9-8-14-13(15)10-12(16)11-6-4-3-5-7-11/h8-9,11H,2-7,10H2,1H3. The normalized spacial score (nSPS) is 17.6. The molecule has 1 heterocycles. The van der Waals surface area contributed by atoms with E-state index in [4.69, 9.17) is 0 Å². The SMILES string of the molecule is CCn1ccnc1CC(=O)C1CCCCC1. The lowest BCUT2D eigenvalue weighted by atomic mass is 9.85. The average molecular weight is 220 g/mol. The van der Waals surface area contributed by atoms with Crippen molar-refractivity contribution in [3.8, 4) is 0 Å². The molecule has 16 heavy (non-hydrogen) atoms. The van der Waals surface area contributed by atoms with E-state index in [9.17, 15) is 4.79 Å². The summed E-state index contributed by atoms with van der Waals surface area (Å²) in [6.07, 6.45) is 10.2. The number of aryl methyl sites for hydroxylation is 1. The van der Waals surface area contributed by atoms with Crippen LogP contribution in [0, 0.1) is 5.92 Å². The summed E-state index contributed by atoms with van der Waals surface area (Å²) in [6.45, 7) is 2.98. The van der Waals surface area contributed by atoms with Crippen LogP contribution in [0.1, 0.15) is 44.9 Å². The molecule has 0 unspecified atom stereocenters. The van der Waals surface area contributed by atoms with Gasteiger partial charge in [0.25, 0.3) is 0 Å². The molecular formula is C13H20N2O. The van der Waals surface area contributed by atoms with Crippen LogP contribution in [0.5, 0.6) is 0 Å². The maximum absolute atomic E-state index is 12.1. The van der Waals surface area contributed by atoms with Gasteiger partial charge >= 0.3 is 0 Å². The van der Waals surface area contributed by atoms with Gasteiger partial charge in [-0.1, -0.05) is 19.3 Å². The minimum absolute atomic E-state index is 0.302. The van der Waals surface area contributed by atoms with Gasteiger partial charge in [0.2, 0.25) is 0 Å². The molecule has 1 aliphatic rings. The molecule has 0 saturated heterocycles. The smallest absolute Gasteiger partial charge is 0.143 e. The molecule has 0 radical (unpaired) electrons. The first-order valence-electron chi connectivity index (χ1n) is 6.34. The van der Waals surface area contributed by atoms with Crippen LogP contribution in [0.25, 0.3) is 0 Å². The number of nitrogens with zero attached hydrogens (tertiary/aromatic N) is 2. The first-order valence-corrected chi connectivity index (χ1v) is 6.34. The molecule has 1 aromatic heterocycles. The van der Waals surface area contributed by atoms with Crippen molar-refractivity contribution in [2.24, 2.45) is 5.92 Å². The van der Waals surface area contributed by atoms with E-state index in [2.05, 4.69) is 16.5 Å². The van der Waals surface area contributed by atoms with E-state index in [0.717, 1.165) is 25.2 Å². The number of carbonyl (C=O) groups excluding carboxylic acids is 1. The molecule has 0 N–H and O–H groups in total. The Labute approximate surface area is 96.9 Å². The molecule has 0 amide bonds. The zero-order valence-electron chi connectivity index (χ0n) is 9.98. The second kappa shape index (κ2) is 5.28. The molecule has 3 heteroatoms. The molecule has 0 spiro atoms. The molecule has 1 saturated carbocycles. The quantitative estimate of drug-likeness (QED) is 0.781. The lowest BCUT2D eigenvalue weighted by Gasteiger charge is -2.20. The van der Waals surface area contributed by atoms with Crippen molar-refractivity contribution in [3.05, 3.63) is 18.2 Å². The molecule has 0 bridgehead atoms. The minimum atomic E-state index is 0.302. The van der Waals surface area contributed by atoms with Crippen LogP contribution in [0.4, 0.5) is 0 Å². The first kappa shape index (κ1) is 11.4. The third kappa shape index (κ3) is 2.52. The van der Waals surface area contributed by atoms with Gasteiger partial charge in [-0.05, 0) is 19.8 Å². The van der Waals surface area contributed by atoms with Crippen molar-refractivity contribution in [1.82, 2.24) is 9.55 Å². The van der Waals surface area contributed by atoms with Crippen LogP contribution in [0.15, 0.2) is 12.4 Å². The third-order valence-corrected chi connectivity index (χ3v) is 3.54. The third-order valence-electron chi connectivity index (χ3n) is 3.54. The highest BCUT2D eigenvalue weighted by Crippen LogP contribution is 2.25. The van der Waals surface area contributed by atoms with E-state index in [-0.39, 0.29) is 0 Å². The molecule has 2 rings (SSSR count). The molecule has 88 valence electrons. The molecule has 0 aliphatic heterocycles. The fourth-order valence-corrected chi connectivity index (χ4v) is 2.52. The lowest BCUT2D eigenvalue weighted by molar-refractivity contribution is -0.123. The van der Waals surface area contributed by atoms with Gasteiger partial charge in [0.15, 0.2) is 0 Å². The number of rotatable bonds is 4. The van der Waals surface area contributed by atoms with Crippen molar-refractivity contribution >= 4 is 5.78 Å². The predicted octanol–water partition coefficient (Wildman–Crippen LogP) is 2.59. The van der Waals surface area contributed by atoms with Crippen LogP contribution >= 0.6 is 0 Å². The van der Waals surface area contributed by atoms with Gasteiger partial charge in [0, 0.05) is 24.9 Å². The summed E-state index contributed by atoms with van der Waals surface area (Å²) in [5, 5.41) is 0. The van der Waals surface area contributed by atoms with Gasteiger partial charge in [-0.3, -0.25) is 4.79 Å². The summed E-state index contributed by atoms with van der Waals surface area (Å²) in [5.41, 5.74) is 0. The maximum atomic E-state index is 12.1. The number of ketones is 1. The highest BCUT2D eigenvalue weighted by atomic mass is 16.1. The first-order chi connectivity index (χ1) is 7.81. The van der Waals surface area contributed by atoms with E-state index in [1.54, 1.807) is 6.20 Å². The number of Topliss-reactive ketones (excluding diaryl/α,β-unsaturated/α-hetero) is 1. The van der Waals surface area contributed by atoms with Gasteiger partial charge in [-0.25, -0.2) is 4.98 Å². The van der Waals surface area contributed by atoms with Gasteiger partial charge in [-0.2, -0.15) is 0 Å². The van der Waals surface area contributed by atoms with Crippen LogP contribution in [-0.2, 0) is 17.8 Å². The number of aromatic nitrogens is 2. The Kier molecular flexibility index (Phi) is 3.75. The predicted molar refractivity (Wildman–Crippen MR) is 63.2 cm³/mol. The fraction of sp³-hybridized carbons (Fsp3) is 0.692. The average Bonchev–Trinajstić information content (AvgIpc) is 2.77. The Hall–Kier alpha value is -1.12. The zero-order valence-corrected chi connectivity index (χ0v) is 9.98. The van der Waals surface area contributed by atoms with Crippen molar-refractivity contribution < 1.29 is 4.79 Å². The monoisotopic (exact) mass is 220 g/mol. The molecule has 0 aromatic carbocycles. The number of imidazole rings is 1. The van der Waals surface area contributed by atoms with Crippen LogP contribution < -0.4 is 0 Å². The van der Waals surface area contributed by atoms with Crippen molar-refractivity contribution in [3.63, 3.8) is 0 Å². The number of carbonyl (C=O) groups is 1. The fourth-order valence-electron chi connectivity index (χ4n) is 2.52. The van der Waals surface area contributed by atoms with Gasteiger partial charge in [-0.15, -0.1) is 0 Å². The highest BCUT2D eigenvalue weighted by molar-refractivity contribution is 5.82. The van der Waals surface area contributed by atoms with Crippen LogP contribution in [0.3, 0.4) is 0 Å². The topological polar surface area (TPSA) is 34.9 Å². The molecule has 1 fully saturated rings. The maximum Gasteiger partial charge on any atom is 0.143 e. The van der Waals surface area contributed by atoms with Crippen molar-refractivity contribution in [2.75, 3.05) is 0 Å². The van der Waals surface area contributed by atoms with Gasteiger partial charge < -0.3 is 4.57 Å².